The van der Waals surface area contributed by atoms with Gasteiger partial charge >= 0.3 is 5.97 Å². The van der Waals surface area contributed by atoms with Gasteiger partial charge in [0.25, 0.3) is 5.69 Å². The summed E-state index contributed by atoms with van der Waals surface area (Å²) in [6.07, 6.45) is 1.33. The Kier molecular flexibility index (Phi) is 2.58. The first-order chi connectivity index (χ1) is 9.08. The highest BCUT2D eigenvalue weighted by Crippen LogP contribution is 2.55. The number of Topliss-reactive ketones (excluding diaryl/α,β-unsaturated/α-hetero) is 1. The van der Waals surface area contributed by atoms with Crippen LogP contribution in [0.4, 0.5) is 5.69 Å². The monoisotopic (exact) mass is 261 g/mol. The third-order valence-corrected chi connectivity index (χ3v) is 3.80. The van der Waals surface area contributed by atoms with Crippen molar-refractivity contribution in [3.63, 3.8) is 0 Å². The Labute approximate surface area is 108 Å². The number of hydrogen-bond donors (Lipinski definition) is 0. The van der Waals surface area contributed by atoms with Gasteiger partial charge in [-0.3, -0.25) is 19.7 Å². The Morgan fingerprint density at radius 3 is 2.53 bits per heavy atom. The van der Waals surface area contributed by atoms with Crippen molar-refractivity contribution in [2.24, 2.45) is 17.8 Å². The predicted octanol–water partition coefficient (Wildman–Crippen LogP) is 1.73. The largest absolute Gasteiger partial charge is 0.426 e. The van der Waals surface area contributed by atoms with E-state index >= 15 is 0 Å². The number of carbonyl (C=O) groups excluding carboxylic acids is 2. The van der Waals surface area contributed by atoms with Gasteiger partial charge in [0.1, 0.15) is 11.5 Å². The molecule has 3 rings (SSSR count). The summed E-state index contributed by atoms with van der Waals surface area (Å²) >= 11 is 0. The molecule has 98 valence electrons. The van der Waals surface area contributed by atoms with Gasteiger partial charge < -0.3 is 4.74 Å². The number of benzene rings is 1. The van der Waals surface area contributed by atoms with E-state index in [0.717, 1.165) is 6.42 Å². The fourth-order valence-corrected chi connectivity index (χ4v) is 2.79. The van der Waals surface area contributed by atoms with Crippen molar-refractivity contribution in [3.8, 4) is 5.75 Å². The zero-order valence-electron chi connectivity index (χ0n) is 9.94. The summed E-state index contributed by atoms with van der Waals surface area (Å²) in [6.45, 7) is 0. The Morgan fingerprint density at radius 2 is 2.00 bits per heavy atom. The summed E-state index contributed by atoms with van der Waals surface area (Å²) < 4.78 is 5.14. The molecule has 0 heterocycles. The lowest BCUT2D eigenvalue weighted by molar-refractivity contribution is -0.384. The van der Waals surface area contributed by atoms with E-state index in [-0.39, 0.29) is 35.0 Å². The van der Waals surface area contributed by atoms with Crippen LogP contribution in [0.5, 0.6) is 5.75 Å². The van der Waals surface area contributed by atoms with Crippen molar-refractivity contribution >= 4 is 17.4 Å². The highest BCUT2D eigenvalue weighted by Gasteiger charge is 2.62. The number of fused-ring (bicyclic) bond motifs is 1. The molecule has 0 unspecified atom stereocenters. The first kappa shape index (κ1) is 11.8. The summed E-state index contributed by atoms with van der Waals surface area (Å²) in [5.41, 5.74) is -0.0572. The van der Waals surface area contributed by atoms with E-state index < -0.39 is 10.9 Å². The molecule has 0 aliphatic heterocycles. The van der Waals surface area contributed by atoms with Crippen LogP contribution in [0.1, 0.15) is 12.8 Å². The van der Waals surface area contributed by atoms with Crippen LogP contribution in [-0.4, -0.2) is 16.7 Å². The average Bonchev–Trinajstić information content (AvgIpc) is 3.00. The van der Waals surface area contributed by atoms with Gasteiger partial charge in [0.15, 0.2) is 0 Å². The first-order valence-corrected chi connectivity index (χ1v) is 6.07. The number of nitro groups is 1. The standard InChI is InChI=1S/C13H11NO5/c15-10-6-5-9-11(10)12(9)13(16)19-8-3-1-7(2-4-8)14(17)18/h1-4,9,11-12H,5-6H2/t9-,11-,12+/m0/s1. The molecule has 0 bridgehead atoms. The molecule has 2 saturated carbocycles. The molecule has 1 aromatic rings. The quantitative estimate of drug-likeness (QED) is 0.358. The summed E-state index contributed by atoms with van der Waals surface area (Å²) in [7, 11) is 0. The van der Waals surface area contributed by atoms with E-state index in [4.69, 9.17) is 4.74 Å². The molecule has 0 spiro atoms. The molecule has 0 saturated heterocycles. The van der Waals surface area contributed by atoms with Gasteiger partial charge in [-0.15, -0.1) is 0 Å². The van der Waals surface area contributed by atoms with Crippen LogP contribution in [0.25, 0.3) is 0 Å². The van der Waals surface area contributed by atoms with Gasteiger partial charge in [0.2, 0.25) is 0 Å². The van der Waals surface area contributed by atoms with E-state index in [1.807, 2.05) is 0 Å². The maximum Gasteiger partial charge on any atom is 0.315 e. The molecule has 2 fully saturated rings. The topological polar surface area (TPSA) is 86.5 Å². The summed E-state index contributed by atoms with van der Waals surface area (Å²) in [6, 6.07) is 5.33. The number of non-ortho nitro benzene ring substituents is 1. The minimum absolute atomic E-state index is 0.0572. The molecule has 0 amide bonds. The van der Waals surface area contributed by atoms with Crippen molar-refractivity contribution in [1.29, 1.82) is 0 Å². The molecule has 2 aliphatic rings. The zero-order chi connectivity index (χ0) is 13.6. The third kappa shape index (κ3) is 1.99. The normalized spacial score (nSPS) is 27.8. The molecule has 1 aromatic carbocycles. The molecular formula is C13H11NO5. The molecule has 2 aliphatic carbocycles. The van der Waals surface area contributed by atoms with Gasteiger partial charge in [-0.05, 0) is 24.5 Å². The minimum atomic E-state index is -0.518. The van der Waals surface area contributed by atoms with Crippen molar-refractivity contribution in [1.82, 2.24) is 0 Å². The van der Waals surface area contributed by atoms with Crippen molar-refractivity contribution in [2.75, 3.05) is 0 Å². The minimum Gasteiger partial charge on any atom is -0.426 e. The van der Waals surface area contributed by atoms with Gasteiger partial charge in [-0.2, -0.15) is 0 Å². The van der Waals surface area contributed by atoms with E-state index in [9.17, 15) is 19.7 Å². The predicted molar refractivity (Wildman–Crippen MR) is 63.4 cm³/mol. The number of rotatable bonds is 3. The molecule has 19 heavy (non-hydrogen) atoms. The highest BCUT2D eigenvalue weighted by atomic mass is 16.6. The second-order valence-electron chi connectivity index (χ2n) is 4.89. The van der Waals surface area contributed by atoms with E-state index in [0.29, 0.717) is 6.42 Å². The van der Waals surface area contributed by atoms with Crippen LogP contribution >= 0.6 is 0 Å². The molecule has 3 atom stereocenters. The number of ether oxygens (including phenoxy) is 1. The molecule has 0 N–H and O–H groups in total. The van der Waals surface area contributed by atoms with Crippen molar-refractivity contribution in [2.45, 2.75) is 12.8 Å². The Balaban J connectivity index is 1.64. The van der Waals surface area contributed by atoms with E-state index in [2.05, 4.69) is 0 Å². The van der Waals surface area contributed by atoms with E-state index in [1.165, 1.54) is 24.3 Å². The fraction of sp³-hybridized carbons (Fsp3) is 0.385. The molecular weight excluding hydrogens is 250 g/mol. The lowest BCUT2D eigenvalue weighted by atomic mass is 10.1. The Bertz CT molecular complexity index is 565. The average molecular weight is 261 g/mol. The lowest BCUT2D eigenvalue weighted by Crippen LogP contribution is -2.15. The van der Waals surface area contributed by atoms with Gasteiger partial charge in [-0.25, -0.2) is 0 Å². The Hall–Kier alpha value is -2.24. The van der Waals surface area contributed by atoms with Crippen molar-refractivity contribution < 1.29 is 19.2 Å². The smallest absolute Gasteiger partial charge is 0.315 e. The molecule has 0 aromatic heterocycles. The molecule has 6 heteroatoms. The van der Waals surface area contributed by atoms with Gasteiger partial charge in [-0.1, -0.05) is 0 Å². The number of esters is 1. The molecule has 0 radical (unpaired) electrons. The van der Waals surface area contributed by atoms with Crippen LogP contribution in [-0.2, 0) is 9.59 Å². The second kappa shape index (κ2) is 4.15. The van der Waals surface area contributed by atoms with Crippen LogP contribution in [0.15, 0.2) is 24.3 Å². The number of nitrogens with zero attached hydrogens (tertiary/aromatic N) is 1. The van der Waals surface area contributed by atoms with Crippen LogP contribution in [0.3, 0.4) is 0 Å². The van der Waals surface area contributed by atoms with Crippen LogP contribution in [0, 0.1) is 27.9 Å². The number of carbonyl (C=O) groups is 2. The summed E-state index contributed by atoms with van der Waals surface area (Å²) in [5, 5.41) is 10.5. The maximum atomic E-state index is 11.8. The SMILES string of the molecule is O=C1CC[C@H]2[C@@H]1[C@@H]2C(=O)Oc1ccc([N+](=O)[O-])cc1. The summed E-state index contributed by atoms with van der Waals surface area (Å²) in [5.74, 6) is -0.291. The first-order valence-electron chi connectivity index (χ1n) is 6.07. The molecule has 6 nitrogen and oxygen atoms in total. The van der Waals surface area contributed by atoms with E-state index in [1.54, 1.807) is 0 Å². The zero-order valence-corrected chi connectivity index (χ0v) is 9.94. The lowest BCUT2D eigenvalue weighted by Gasteiger charge is -2.04. The fourth-order valence-electron chi connectivity index (χ4n) is 2.79. The second-order valence-corrected chi connectivity index (χ2v) is 4.89. The number of hydrogen-bond acceptors (Lipinski definition) is 5. The Morgan fingerprint density at radius 1 is 1.32 bits per heavy atom. The number of ketones is 1. The maximum absolute atomic E-state index is 11.8. The van der Waals surface area contributed by atoms with Crippen LogP contribution in [0.2, 0.25) is 0 Å². The third-order valence-electron chi connectivity index (χ3n) is 3.80. The summed E-state index contributed by atoms with van der Waals surface area (Å²) in [4.78, 5) is 33.2. The van der Waals surface area contributed by atoms with Gasteiger partial charge in [0.05, 0.1) is 10.8 Å². The van der Waals surface area contributed by atoms with Gasteiger partial charge in [0, 0.05) is 24.5 Å². The highest BCUT2D eigenvalue weighted by molar-refractivity contribution is 5.95. The number of nitro benzene ring substituents is 1. The van der Waals surface area contributed by atoms with Crippen molar-refractivity contribution in [3.05, 3.63) is 34.4 Å². The van der Waals surface area contributed by atoms with Crippen LogP contribution < -0.4 is 4.74 Å².